The van der Waals surface area contributed by atoms with E-state index in [1.807, 2.05) is 4.90 Å². The van der Waals surface area contributed by atoms with Gasteiger partial charge in [0.15, 0.2) is 0 Å². The summed E-state index contributed by atoms with van der Waals surface area (Å²) < 4.78 is 5.06. The van der Waals surface area contributed by atoms with Crippen molar-refractivity contribution in [1.29, 1.82) is 0 Å². The molecule has 1 heterocycles. The summed E-state index contributed by atoms with van der Waals surface area (Å²) in [6, 6.07) is 0.492. The van der Waals surface area contributed by atoms with Crippen LogP contribution in [-0.4, -0.2) is 35.0 Å². The smallest absolute Gasteiger partial charge is 0.410 e. The summed E-state index contributed by atoms with van der Waals surface area (Å²) in [4.78, 5) is 12.9. The molecule has 0 unspecified atom stereocenters. The summed E-state index contributed by atoms with van der Waals surface area (Å²) >= 11 is 3.30. The first-order valence-corrected chi connectivity index (χ1v) is 4.96. The quantitative estimate of drug-likeness (QED) is 0.657. The number of amides is 1. The van der Waals surface area contributed by atoms with Crippen LogP contribution in [0, 0.1) is 0 Å². The SMILES string of the molecule is O=C1O[C@@H](CBr)CN1C1CC1. The molecule has 0 N–H and O–H groups in total. The molecular formula is C7H10BrNO2. The fraction of sp³-hybridized carbons (Fsp3) is 0.857. The molecule has 0 aromatic rings. The van der Waals surface area contributed by atoms with Gasteiger partial charge in [-0.1, -0.05) is 15.9 Å². The zero-order valence-corrected chi connectivity index (χ0v) is 7.71. The summed E-state index contributed by atoms with van der Waals surface area (Å²) in [5.74, 6) is 0. The second kappa shape index (κ2) is 2.66. The van der Waals surface area contributed by atoms with Gasteiger partial charge in [-0.15, -0.1) is 0 Å². The van der Waals surface area contributed by atoms with Gasteiger partial charge < -0.3 is 9.64 Å². The van der Waals surface area contributed by atoms with Gasteiger partial charge >= 0.3 is 6.09 Å². The molecule has 11 heavy (non-hydrogen) atoms. The monoisotopic (exact) mass is 219 g/mol. The summed E-state index contributed by atoms with van der Waals surface area (Å²) in [7, 11) is 0. The third-order valence-corrected chi connectivity index (χ3v) is 2.78. The van der Waals surface area contributed by atoms with Crippen molar-refractivity contribution in [1.82, 2.24) is 4.90 Å². The van der Waals surface area contributed by atoms with E-state index >= 15 is 0 Å². The molecule has 1 amide bonds. The Labute approximate surface area is 73.8 Å². The standard InChI is InChI=1S/C7H10BrNO2/c8-3-6-4-9(5-1-2-5)7(10)11-6/h5-6H,1-4H2/t6-/m0/s1. The van der Waals surface area contributed by atoms with Crippen LogP contribution in [0.15, 0.2) is 0 Å². The Morgan fingerprint density at radius 1 is 1.64 bits per heavy atom. The van der Waals surface area contributed by atoms with Crippen LogP contribution in [0.1, 0.15) is 12.8 Å². The Bertz CT molecular complexity index is 181. The molecule has 3 nitrogen and oxygen atoms in total. The molecule has 2 fully saturated rings. The van der Waals surface area contributed by atoms with Crippen LogP contribution < -0.4 is 0 Å². The Morgan fingerprint density at radius 3 is 2.82 bits per heavy atom. The summed E-state index contributed by atoms with van der Waals surface area (Å²) in [5, 5.41) is 0.752. The highest BCUT2D eigenvalue weighted by Gasteiger charge is 2.40. The lowest BCUT2D eigenvalue weighted by atomic mass is 10.4. The number of halogens is 1. The van der Waals surface area contributed by atoms with Gasteiger partial charge in [-0.05, 0) is 12.8 Å². The largest absolute Gasteiger partial charge is 0.443 e. The average Bonchev–Trinajstić information content (AvgIpc) is 2.76. The Hall–Kier alpha value is -0.250. The minimum atomic E-state index is -0.128. The first-order valence-electron chi connectivity index (χ1n) is 3.84. The van der Waals surface area contributed by atoms with E-state index in [4.69, 9.17) is 4.74 Å². The average molecular weight is 220 g/mol. The number of nitrogens with zero attached hydrogens (tertiary/aromatic N) is 1. The van der Waals surface area contributed by atoms with Gasteiger partial charge in [-0.3, -0.25) is 0 Å². The van der Waals surface area contributed by atoms with Crippen molar-refractivity contribution in [2.24, 2.45) is 0 Å². The van der Waals surface area contributed by atoms with E-state index < -0.39 is 0 Å². The fourth-order valence-electron chi connectivity index (χ4n) is 1.31. The van der Waals surface area contributed by atoms with Gasteiger partial charge in [-0.25, -0.2) is 4.79 Å². The molecule has 1 saturated carbocycles. The first-order chi connectivity index (χ1) is 5.31. The van der Waals surface area contributed by atoms with Gasteiger partial charge in [0, 0.05) is 11.4 Å². The molecule has 0 aromatic carbocycles. The number of cyclic esters (lactones) is 1. The predicted octanol–water partition coefficient (Wildman–Crippen LogP) is 1.36. The topological polar surface area (TPSA) is 29.5 Å². The van der Waals surface area contributed by atoms with Crippen molar-refractivity contribution in [2.75, 3.05) is 11.9 Å². The van der Waals surface area contributed by atoms with Gasteiger partial charge in [0.2, 0.25) is 0 Å². The third kappa shape index (κ3) is 1.36. The highest BCUT2D eigenvalue weighted by Crippen LogP contribution is 2.30. The van der Waals surface area contributed by atoms with Crippen LogP contribution in [-0.2, 0) is 4.74 Å². The van der Waals surface area contributed by atoms with Crippen molar-refractivity contribution >= 4 is 22.0 Å². The van der Waals surface area contributed by atoms with Crippen molar-refractivity contribution in [3.05, 3.63) is 0 Å². The number of hydrogen-bond acceptors (Lipinski definition) is 2. The number of hydrogen-bond donors (Lipinski definition) is 0. The molecule has 0 radical (unpaired) electrons. The summed E-state index contributed by atoms with van der Waals surface area (Å²) in [6.45, 7) is 0.773. The van der Waals surface area contributed by atoms with Crippen molar-refractivity contribution in [3.63, 3.8) is 0 Å². The lowest BCUT2D eigenvalue weighted by molar-refractivity contribution is 0.139. The summed E-state index contributed by atoms with van der Waals surface area (Å²) in [5.41, 5.74) is 0. The molecule has 4 heteroatoms. The normalized spacial score (nSPS) is 30.8. The van der Waals surface area contributed by atoms with Gasteiger partial charge in [0.25, 0.3) is 0 Å². The van der Waals surface area contributed by atoms with Crippen LogP contribution in [0.3, 0.4) is 0 Å². The van der Waals surface area contributed by atoms with E-state index in [1.165, 1.54) is 0 Å². The molecule has 1 aliphatic carbocycles. The molecule has 62 valence electrons. The molecule has 1 aliphatic heterocycles. The maximum Gasteiger partial charge on any atom is 0.410 e. The number of alkyl halides is 1. The lowest BCUT2D eigenvalue weighted by Crippen LogP contribution is -2.27. The van der Waals surface area contributed by atoms with Crippen LogP contribution in [0.2, 0.25) is 0 Å². The Morgan fingerprint density at radius 2 is 2.36 bits per heavy atom. The predicted molar refractivity (Wildman–Crippen MR) is 43.8 cm³/mol. The van der Waals surface area contributed by atoms with Crippen molar-refractivity contribution in [3.8, 4) is 0 Å². The Kier molecular flexibility index (Phi) is 1.79. The Balaban J connectivity index is 1.96. The lowest BCUT2D eigenvalue weighted by Gasteiger charge is -2.09. The molecule has 0 bridgehead atoms. The minimum absolute atomic E-state index is 0.0723. The highest BCUT2D eigenvalue weighted by atomic mass is 79.9. The number of rotatable bonds is 2. The van der Waals surface area contributed by atoms with Crippen molar-refractivity contribution in [2.45, 2.75) is 25.0 Å². The van der Waals surface area contributed by atoms with Gasteiger partial charge in [0.05, 0.1) is 6.54 Å². The third-order valence-electron chi connectivity index (χ3n) is 2.06. The van der Waals surface area contributed by atoms with E-state index in [1.54, 1.807) is 0 Å². The van der Waals surface area contributed by atoms with Crippen LogP contribution in [0.4, 0.5) is 4.79 Å². The van der Waals surface area contributed by atoms with Crippen LogP contribution in [0.25, 0.3) is 0 Å². The summed E-state index contributed by atoms with van der Waals surface area (Å²) in [6.07, 6.45) is 2.26. The maximum atomic E-state index is 11.1. The number of carbonyl (C=O) groups is 1. The van der Waals surface area contributed by atoms with E-state index in [0.717, 1.165) is 24.7 Å². The van der Waals surface area contributed by atoms with E-state index in [0.29, 0.717) is 6.04 Å². The highest BCUT2D eigenvalue weighted by molar-refractivity contribution is 9.09. The van der Waals surface area contributed by atoms with E-state index in [9.17, 15) is 4.79 Å². The molecule has 0 aromatic heterocycles. The number of carbonyl (C=O) groups excluding carboxylic acids is 1. The van der Waals surface area contributed by atoms with Crippen molar-refractivity contribution < 1.29 is 9.53 Å². The second-order valence-electron chi connectivity index (χ2n) is 3.04. The zero-order valence-electron chi connectivity index (χ0n) is 6.12. The maximum absolute atomic E-state index is 11.1. The molecular weight excluding hydrogens is 210 g/mol. The second-order valence-corrected chi connectivity index (χ2v) is 3.69. The fourth-order valence-corrected chi connectivity index (χ4v) is 1.64. The molecule has 2 rings (SSSR count). The minimum Gasteiger partial charge on any atom is -0.443 e. The number of ether oxygens (including phenoxy) is 1. The molecule has 1 saturated heterocycles. The van der Waals surface area contributed by atoms with Gasteiger partial charge in [0.1, 0.15) is 6.10 Å². The zero-order chi connectivity index (χ0) is 7.84. The van der Waals surface area contributed by atoms with Gasteiger partial charge in [-0.2, -0.15) is 0 Å². The molecule has 1 atom stereocenters. The molecule has 2 aliphatic rings. The van der Waals surface area contributed by atoms with E-state index in [2.05, 4.69) is 15.9 Å². The van der Waals surface area contributed by atoms with E-state index in [-0.39, 0.29) is 12.2 Å². The molecule has 0 spiro atoms. The first kappa shape index (κ1) is 7.40. The van der Waals surface area contributed by atoms with Crippen LogP contribution in [0.5, 0.6) is 0 Å². The van der Waals surface area contributed by atoms with Crippen LogP contribution >= 0.6 is 15.9 Å².